The molecule has 314 valence electrons. The number of benzene rings is 2. The number of nitrogens with one attached hydrogen (secondary N) is 1. The molecule has 1 unspecified atom stereocenters. The minimum absolute atomic E-state index is 0.0224. The van der Waals surface area contributed by atoms with Gasteiger partial charge in [-0.05, 0) is 63.4 Å². The molecule has 0 aromatic heterocycles. The number of ether oxygens (including phenoxy) is 2. The molecule has 2 heterocycles. The van der Waals surface area contributed by atoms with Gasteiger partial charge in [0.2, 0.25) is 0 Å². The highest BCUT2D eigenvalue weighted by Gasteiger charge is 2.55. The van der Waals surface area contributed by atoms with E-state index < -0.39 is 45.5 Å². The van der Waals surface area contributed by atoms with Gasteiger partial charge in [0, 0.05) is 12.2 Å². The van der Waals surface area contributed by atoms with Crippen molar-refractivity contribution in [2.24, 2.45) is 4.99 Å². The predicted molar refractivity (Wildman–Crippen MR) is 223 cm³/mol. The lowest BCUT2D eigenvalue weighted by atomic mass is 10.1. The highest BCUT2D eigenvalue weighted by molar-refractivity contribution is 7.90. The van der Waals surface area contributed by atoms with Crippen LogP contribution in [0.2, 0.25) is 0 Å². The fourth-order valence-corrected chi connectivity index (χ4v) is 8.81. The summed E-state index contributed by atoms with van der Waals surface area (Å²) in [5.74, 6) is -2.56. The molecule has 1 fully saturated rings. The van der Waals surface area contributed by atoms with E-state index in [4.69, 9.17) is 9.47 Å². The van der Waals surface area contributed by atoms with Crippen LogP contribution in [0.25, 0.3) is 0 Å². The third-order valence-electron chi connectivity index (χ3n) is 10.6. The van der Waals surface area contributed by atoms with Crippen molar-refractivity contribution in [1.82, 2.24) is 9.21 Å². The number of fused-ring (bicyclic) bond motifs is 1. The van der Waals surface area contributed by atoms with E-state index >= 15 is 0 Å². The molecule has 1 saturated heterocycles. The van der Waals surface area contributed by atoms with Crippen molar-refractivity contribution in [2.45, 2.75) is 167 Å². The zero-order valence-electron chi connectivity index (χ0n) is 34.8. The van der Waals surface area contributed by atoms with Crippen LogP contribution in [-0.4, -0.2) is 72.1 Å². The summed E-state index contributed by atoms with van der Waals surface area (Å²) in [5.41, 5.74) is -0.508. The first-order chi connectivity index (χ1) is 27.3. The van der Waals surface area contributed by atoms with E-state index in [1.807, 2.05) is 0 Å². The van der Waals surface area contributed by atoms with E-state index in [0.29, 0.717) is 16.9 Å². The van der Waals surface area contributed by atoms with Crippen LogP contribution in [0.4, 0.5) is 16.2 Å². The van der Waals surface area contributed by atoms with Gasteiger partial charge in [-0.3, -0.25) is 13.9 Å². The number of hydrogen-bond donors (Lipinski definition) is 1. The third kappa shape index (κ3) is 12.4. The standard InChI is InChI=1S/C44H64N4O8S/c1-6-8-10-12-14-15-16-17-18-19-21-25-31-55-41(50)34-29-28-33(3)36(32-34)46-40(49)38(48-42(51)44(4,5)56-43(48)52)39-45-35-26-22-23-27-37(35)57(53,54)47(39)30-24-20-13-11-9-7-2/h22-23,26-29,32,38H,6-21,24-25,30-31H2,1-5H3,(H,46,49). The lowest BCUT2D eigenvalue weighted by Gasteiger charge is -2.35. The smallest absolute Gasteiger partial charge is 0.418 e. The van der Waals surface area contributed by atoms with Crippen LogP contribution in [0.1, 0.15) is 159 Å². The van der Waals surface area contributed by atoms with E-state index in [9.17, 15) is 27.6 Å². The van der Waals surface area contributed by atoms with Crippen LogP contribution in [0.5, 0.6) is 0 Å². The first-order valence-electron chi connectivity index (χ1n) is 21.2. The summed E-state index contributed by atoms with van der Waals surface area (Å²) >= 11 is 0. The lowest BCUT2D eigenvalue weighted by Crippen LogP contribution is -2.59. The van der Waals surface area contributed by atoms with Crippen molar-refractivity contribution in [3.05, 3.63) is 53.6 Å². The van der Waals surface area contributed by atoms with Gasteiger partial charge in [0.1, 0.15) is 4.90 Å². The Kier molecular flexibility index (Phi) is 17.6. The molecule has 0 bridgehead atoms. The van der Waals surface area contributed by atoms with Crippen LogP contribution >= 0.6 is 0 Å². The second-order valence-electron chi connectivity index (χ2n) is 15.8. The number of anilines is 1. The zero-order valence-corrected chi connectivity index (χ0v) is 35.6. The number of imide groups is 1. The number of carbonyl (C=O) groups excluding carboxylic acids is 4. The van der Waals surface area contributed by atoms with E-state index in [2.05, 4.69) is 24.2 Å². The molecule has 0 aliphatic carbocycles. The number of cyclic esters (lactones) is 1. The van der Waals surface area contributed by atoms with Gasteiger partial charge < -0.3 is 14.8 Å². The van der Waals surface area contributed by atoms with Gasteiger partial charge in [0.25, 0.3) is 21.8 Å². The number of aryl methyl sites for hydroxylation is 1. The van der Waals surface area contributed by atoms with Gasteiger partial charge in [-0.1, -0.05) is 135 Å². The number of sulfonamides is 1. The van der Waals surface area contributed by atoms with Gasteiger partial charge in [-0.25, -0.2) is 27.9 Å². The van der Waals surface area contributed by atoms with Crippen LogP contribution in [0, 0.1) is 6.92 Å². The topological polar surface area (TPSA) is 152 Å². The molecular formula is C44H64N4O8S. The second kappa shape index (κ2) is 22.0. The maximum atomic E-state index is 14.5. The van der Waals surface area contributed by atoms with Crippen LogP contribution < -0.4 is 5.32 Å². The number of esters is 1. The average Bonchev–Trinajstić information content (AvgIpc) is 3.38. The number of hydrogen-bond acceptors (Lipinski definition) is 9. The number of carbonyl (C=O) groups is 4. The van der Waals surface area contributed by atoms with E-state index in [0.717, 1.165) is 55.7 Å². The third-order valence-corrected chi connectivity index (χ3v) is 12.5. The first-order valence-corrected chi connectivity index (χ1v) is 22.6. The molecular weight excluding hydrogens is 745 g/mol. The summed E-state index contributed by atoms with van der Waals surface area (Å²) in [5, 5.41) is 2.78. The Bertz CT molecular complexity index is 1830. The fourth-order valence-electron chi connectivity index (χ4n) is 7.19. The molecule has 4 rings (SSSR count). The number of aliphatic imine (C=N–C) groups is 1. The first kappa shape index (κ1) is 45.4. The summed E-state index contributed by atoms with van der Waals surface area (Å²) in [6.07, 6.45) is 18.5. The molecule has 0 saturated carbocycles. The summed E-state index contributed by atoms with van der Waals surface area (Å²) in [4.78, 5) is 60.1. The van der Waals surface area contributed by atoms with E-state index in [1.165, 1.54) is 89.8 Å². The summed E-state index contributed by atoms with van der Waals surface area (Å²) < 4.78 is 40.4. The number of para-hydroxylation sites is 1. The second-order valence-corrected chi connectivity index (χ2v) is 17.6. The molecule has 0 spiro atoms. The minimum Gasteiger partial charge on any atom is -0.462 e. The molecule has 57 heavy (non-hydrogen) atoms. The van der Waals surface area contributed by atoms with Crippen molar-refractivity contribution < 1.29 is 37.1 Å². The highest BCUT2D eigenvalue weighted by Crippen LogP contribution is 2.36. The molecule has 1 N–H and O–H groups in total. The van der Waals surface area contributed by atoms with Gasteiger partial charge in [-0.15, -0.1) is 0 Å². The number of rotatable bonds is 25. The Morgan fingerprint density at radius 3 is 1.95 bits per heavy atom. The maximum absolute atomic E-state index is 14.5. The molecule has 2 aromatic carbocycles. The Labute approximate surface area is 340 Å². The molecule has 13 heteroatoms. The quantitative estimate of drug-likeness (QED) is 0.0769. The molecule has 0 radical (unpaired) electrons. The van der Waals surface area contributed by atoms with Crippen LogP contribution in [0.3, 0.4) is 0 Å². The summed E-state index contributed by atoms with van der Waals surface area (Å²) in [6, 6.07) is 9.08. The van der Waals surface area contributed by atoms with Crippen LogP contribution in [0.15, 0.2) is 52.4 Å². The van der Waals surface area contributed by atoms with E-state index in [1.54, 1.807) is 31.2 Å². The van der Waals surface area contributed by atoms with Crippen molar-refractivity contribution in [3.63, 3.8) is 0 Å². The monoisotopic (exact) mass is 808 g/mol. The Morgan fingerprint density at radius 1 is 0.807 bits per heavy atom. The molecule has 2 aliphatic heterocycles. The van der Waals surface area contributed by atoms with Crippen molar-refractivity contribution in [1.29, 1.82) is 0 Å². The van der Waals surface area contributed by atoms with Crippen molar-refractivity contribution in [2.75, 3.05) is 18.5 Å². The van der Waals surface area contributed by atoms with Gasteiger partial charge in [0.15, 0.2) is 17.5 Å². The summed E-state index contributed by atoms with van der Waals surface area (Å²) in [7, 11) is -4.25. The number of unbranched alkanes of at least 4 members (excludes halogenated alkanes) is 16. The normalized spacial score (nSPS) is 16.2. The Hall–Kier alpha value is -4.26. The average molecular weight is 809 g/mol. The fraction of sp³-hybridized carbons (Fsp3) is 0.614. The van der Waals surface area contributed by atoms with Gasteiger partial charge in [0.05, 0.1) is 17.9 Å². The molecule has 12 nitrogen and oxygen atoms in total. The Morgan fingerprint density at radius 2 is 1.37 bits per heavy atom. The SMILES string of the molecule is CCCCCCCCCCCCCCOC(=O)c1ccc(C)c(NC(=O)C(C2=Nc3ccccc3S(=O)(=O)N2CCCCCCCC)N2C(=O)OC(C)(C)C2=O)c1. The molecule has 1 atom stereocenters. The minimum atomic E-state index is -4.25. The largest absolute Gasteiger partial charge is 0.462 e. The Balaban J connectivity index is 1.49. The van der Waals surface area contributed by atoms with Gasteiger partial charge >= 0.3 is 12.1 Å². The highest BCUT2D eigenvalue weighted by atomic mass is 32.2. The molecule has 3 amide bonds. The zero-order chi connectivity index (χ0) is 41.4. The maximum Gasteiger partial charge on any atom is 0.418 e. The van der Waals surface area contributed by atoms with E-state index in [-0.39, 0.29) is 40.8 Å². The molecule has 2 aliphatic rings. The number of amides is 3. The van der Waals surface area contributed by atoms with Crippen LogP contribution in [-0.2, 0) is 29.1 Å². The van der Waals surface area contributed by atoms with Gasteiger partial charge in [-0.2, -0.15) is 0 Å². The lowest BCUT2D eigenvalue weighted by molar-refractivity contribution is -0.137. The number of amidine groups is 1. The van der Waals surface area contributed by atoms with Crippen molar-refractivity contribution >= 4 is 51.1 Å². The molecule has 2 aromatic rings. The van der Waals surface area contributed by atoms with Crippen molar-refractivity contribution in [3.8, 4) is 0 Å². The summed E-state index contributed by atoms with van der Waals surface area (Å²) in [6.45, 7) is 9.13. The predicted octanol–water partition coefficient (Wildman–Crippen LogP) is 10.0. The number of nitrogens with zero attached hydrogens (tertiary/aromatic N) is 3.